The number of rotatable bonds is 5. The first-order valence-electron chi connectivity index (χ1n) is 6.54. The molecule has 0 aliphatic heterocycles. The molecule has 5 nitrogen and oxygen atoms in total. The molecule has 9 heteroatoms. The monoisotopic (exact) mass is 403 g/mol. The second kappa shape index (κ2) is 8.58. The van der Waals surface area contributed by atoms with Crippen LogP contribution in [0.3, 0.4) is 0 Å². The lowest BCUT2D eigenvalue weighted by atomic mass is 10.2. The van der Waals surface area contributed by atoms with Crippen LogP contribution >= 0.6 is 46.6 Å². The van der Waals surface area contributed by atoms with Gasteiger partial charge in [-0.2, -0.15) is 0 Å². The molecule has 0 atom stereocenters. The Morgan fingerprint density at radius 3 is 2.50 bits per heavy atom. The van der Waals surface area contributed by atoms with Crippen molar-refractivity contribution in [3.8, 4) is 0 Å². The van der Waals surface area contributed by atoms with E-state index in [1.807, 2.05) is 6.26 Å². The number of methoxy groups -OCH3 is 1. The van der Waals surface area contributed by atoms with E-state index in [1.165, 1.54) is 31.0 Å². The van der Waals surface area contributed by atoms with Crippen molar-refractivity contribution in [3.63, 3.8) is 0 Å². The maximum Gasteiger partial charge on any atom is 0.330 e. The molecule has 126 valence electrons. The Kier molecular flexibility index (Phi) is 6.74. The molecule has 24 heavy (non-hydrogen) atoms. The number of hydrogen-bond donors (Lipinski definition) is 1. The molecule has 0 bridgehead atoms. The number of anilines is 2. The van der Waals surface area contributed by atoms with E-state index in [1.54, 1.807) is 18.2 Å². The lowest BCUT2D eigenvalue weighted by molar-refractivity contribution is -0.134. The van der Waals surface area contributed by atoms with Gasteiger partial charge in [0.2, 0.25) is 0 Å². The van der Waals surface area contributed by atoms with E-state index in [-0.39, 0.29) is 5.15 Å². The van der Waals surface area contributed by atoms with Crippen molar-refractivity contribution in [2.75, 3.05) is 18.7 Å². The highest BCUT2D eigenvalue weighted by atomic mass is 35.5. The summed E-state index contributed by atoms with van der Waals surface area (Å²) in [6.07, 6.45) is 4.51. The maximum atomic E-state index is 11.3. The van der Waals surface area contributed by atoms with Crippen LogP contribution in [0.25, 0.3) is 6.08 Å². The molecular formula is C15H12Cl3N3O2S. The molecule has 0 radical (unpaired) electrons. The molecule has 1 N–H and O–H groups in total. The number of hydrogen-bond acceptors (Lipinski definition) is 6. The molecule has 2 aromatic rings. The van der Waals surface area contributed by atoms with Crippen LogP contribution in [0.2, 0.25) is 15.2 Å². The number of esters is 1. The van der Waals surface area contributed by atoms with E-state index >= 15 is 0 Å². The molecule has 0 aliphatic rings. The summed E-state index contributed by atoms with van der Waals surface area (Å²) in [6, 6.07) is 5.12. The number of carbonyl (C=O) groups excluding carboxylic acids is 1. The number of aromatic nitrogens is 2. The summed E-state index contributed by atoms with van der Waals surface area (Å²) >= 11 is 19.9. The van der Waals surface area contributed by atoms with Gasteiger partial charge in [-0.15, -0.1) is 0 Å². The fourth-order valence-electron chi connectivity index (χ4n) is 1.71. The number of halogens is 3. The van der Waals surface area contributed by atoms with E-state index in [2.05, 4.69) is 20.0 Å². The molecule has 1 aromatic carbocycles. The molecule has 1 aromatic heterocycles. The second-order valence-electron chi connectivity index (χ2n) is 4.34. The van der Waals surface area contributed by atoms with Gasteiger partial charge in [-0.3, -0.25) is 0 Å². The van der Waals surface area contributed by atoms with Gasteiger partial charge in [0.1, 0.15) is 11.0 Å². The van der Waals surface area contributed by atoms with Gasteiger partial charge in [0.05, 0.1) is 28.4 Å². The largest absolute Gasteiger partial charge is 0.466 e. The summed E-state index contributed by atoms with van der Waals surface area (Å²) in [4.78, 5) is 19.9. The Morgan fingerprint density at radius 1 is 1.25 bits per heavy atom. The van der Waals surface area contributed by atoms with Crippen molar-refractivity contribution < 1.29 is 9.53 Å². The smallest absolute Gasteiger partial charge is 0.330 e. The SMILES string of the molecule is COC(=O)/C=C/c1c(Cl)nc(SC)nc1Nc1c(Cl)cccc1Cl. The first-order valence-corrected chi connectivity index (χ1v) is 8.90. The van der Waals surface area contributed by atoms with Crippen LogP contribution in [-0.2, 0) is 9.53 Å². The van der Waals surface area contributed by atoms with E-state index in [4.69, 9.17) is 34.8 Å². The minimum atomic E-state index is -0.526. The van der Waals surface area contributed by atoms with Crippen LogP contribution in [0.1, 0.15) is 5.56 Å². The summed E-state index contributed by atoms with van der Waals surface area (Å²) in [5.74, 6) is -0.156. The van der Waals surface area contributed by atoms with Crippen LogP contribution in [0.15, 0.2) is 29.4 Å². The van der Waals surface area contributed by atoms with Crippen molar-refractivity contribution in [1.29, 1.82) is 0 Å². The summed E-state index contributed by atoms with van der Waals surface area (Å²) in [7, 11) is 1.28. The van der Waals surface area contributed by atoms with Crippen LogP contribution in [0, 0.1) is 0 Å². The Balaban J connectivity index is 2.52. The highest BCUT2D eigenvalue weighted by molar-refractivity contribution is 7.98. The number of benzene rings is 1. The summed E-state index contributed by atoms with van der Waals surface area (Å²) in [6.45, 7) is 0. The van der Waals surface area contributed by atoms with Gasteiger partial charge < -0.3 is 10.1 Å². The van der Waals surface area contributed by atoms with E-state index < -0.39 is 5.97 Å². The summed E-state index contributed by atoms with van der Waals surface area (Å²) < 4.78 is 4.58. The van der Waals surface area contributed by atoms with Crippen molar-refractivity contribution >= 4 is 70.1 Å². The zero-order valence-corrected chi connectivity index (χ0v) is 15.7. The molecule has 0 saturated heterocycles. The number of para-hydroxylation sites is 1. The van der Waals surface area contributed by atoms with Crippen LogP contribution in [0.5, 0.6) is 0 Å². The molecular weight excluding hydrogens is 393 g/mol. The highest BCUT2D eigenvalue weighted by Gasteiger charge is 2.14. The second-order valence-corrected chi connectivity index (χ2v) is 6.29. The Hall–Kier alpha value is -1.47. The van der Waals surface area contributed by atoms with Crippen LogP contribution < -0.4 is 5.32 Å². The first-order chi connectivity index (χ1) is 11.5. The average Bonchev–Trinajstić information content (AvgIpc) is 2.56. The third kappa shape index (κ3) is 4.54. The first kappa shape index (κ1) is 18.9. The maximum absolute atomic E-state index is 11.3. The Bertz CT molecular complexity index is 780. The van der Waals surface area contributed by atoms with Gasteiger partial charge in [0.25, 0.3) is 0 Å². The van der Waals surface area contributed by atoms with Gasteiger partial charge in [0, 0.05) is 6.08 Å². The van der Waals surface area contributed by atoms with Crippen molar-refractivity contribution in [2.24, 2.45) is 0 Å². The van der Waals surface area contributed by atoms with Crippen molar-refractivity contribution in [3.05, 3.63) is 45.0 Å². The lowest BCUT2D eigenvalue weighted by Gasteiger charge is -2.13. The zero-order valence-electron chi connectivity index (χ0n) is 12.6. The average molecular weight is 405 g/mol. The fourth-order valence-corrected chi connectivity index (χ4v) is 2.85. The standard InChI is InChI=1S/C15H12Cl3N3O2S/c1-23-11(22)7-6-8-13(18)20-15(24-2)21-14(8)19-12-9(16)4-3-5-10(12)17/h3-7H,1-2H3,(H,19,20,21)/b7-6+. The Morgan fingerprint density at radius 2 is 1.92 bits per heavy atom. The van der Waals surface area contributed by atoms with Gasteiger partial charge in [-0.1, -0.05) is 52.6 Å². The van der Waals surface area contributed by atoms with Crippen molar-refractivity contribution in [1.82, 2.24) is 9.97 Å². The van der Waals surface area contributed by atoms with Crippen molar-refractivity contribution in [2.45, 2.75) is 5.16 Å². The fraction of sp³-hybridized carbons (Fsp3) is 0.133. The molecule has 0 saturated carbocycles. The number of carbonyl (C=O) groups is 1. The minimum Gasteiger partial charge on any atom is -0.466 e. The molecule has 0 unspecified atom stereocenters. The number of nitrogens with zero attached hydrogens (tertiary/aromatic N) is 2. The predicted octanol–water partition coefficient (Wildman–Crippen LogP) is 5.09. The number of nitrogens with one attached hydrogen (secondary N) is 1. The topological polar surface area (TPSA) is 64.1 Å². The molecule has 1 heterocycles. The summed E-state index contributed by atoms with van der Waals surface area (Å²) in [5, 5.41) is 4.53. The molecule has 0 fully saturated rings. The van der Waals surface area contributed by atoms with Crippen LogP contribution in [-0.4, -0.2) is 29.3 Å². The van der Waals surface area contributed by atoms with E-state index in [0.29, 0.717) is 32.3 Å². The van der Waals surface area contributed by atoms with E-state index in [9.17, 15) is 4.79 Å². The molecule has 2 rings (SSSR count). The van der Waals surface area contributed by atoms with Gasteiger partial charge in [-0.05, 0) is 24.5 Å². The quantitative estimate of drug-likeness (QED) is 0.246. The number of ether oxygens (including phenoxy) is 1. The highest BCUT2D eigenvalue weighted by Crippen LogP contribution is 2.35. The zero-order chi connectivity index (χ0) is 17.7. The molecule has 0 spiro atoms. The third-order valence-corrected chi connectivity index (χ3v) is 4.32. The lowest BCUT2D eigenvalue weighted by Crippen LogP contribution is -2.02. The predicted molar refractivity (Wildman–Crippen MR) is 99.6 cm³/mol. The van der Waals surface area contributed by atoms with Gasteiger partial charge in [-0.25, -0.2) is 14.8 Å². The van der Waals surface area contributed by atoms with Gasteiger partial charge in [0.15, 0.2) is 5.16 Å². The molecule has 0 amide bonds. The Labute approximate surface area is 158 Å². The van der Waals surface area contributed by atoms with Gasteiger partial charge >= 0.3 is 5.97 Å². The van der Waals surface area contributed by atoms with Crippen LogP contribution in [0.4, 0.5) is 11.5 Å². The van der Waals surface area contributed by atoms with E-state index in [0.717, 1.165) is 0 Å². The third-order valence-electron chi connectivity index (χ3n) is 2.85. The summed E-state index contributed by atoms with van der Waals surface area (Å²) in [5.41, 5.74) is 0.895. The normalized spacial score (nSPS) is 10.9. The molecule has 0 aliphatic carbocycles. The number of thioether (sulfide) groups is 1. The minimum absolute atomic E-state index is 0.181.